The van der Waals surface area contributed by atoms with Gasteiger partial charge in [-0.1, -0.05) is 23.2 Å². The van der Waals surface area contributed by atoms with E-state index in [9.17, 15) is 9.59 Å². The largest absolute Gasteiger partial charge is 0.462 e. The Bertz CT molecular complexity index is 407. The third-order valence-electron chi connectivity index (χ3n) is 1.59. The van der Waals surface area contributed by atoms with E-state index in [1.807, 2.05) is 0 Å². The minimum absolute atomic E-state index is 0.0303. The number of esters is 1. The van der Waals surface area contributed by atoms with Crippen LogP contribution in [-0.4, -0.2) is 23.8 Å². The highest BCUT2D eigenvalue weighted by atomic mass is 35.5. The fourth-order valence-electron chi connectivity index (χ4n) is 0.953. The molecule has 0 N–H and O–H groups in total. The first-order valence-corrected chi connectivity index (χ1v) is 4.83. The summed E-state index contributed by atoms with van der Waals surface area (Å²) < 4.78 is 4.74. The zero-order valence-electron chi connectivity index (χ0n) is 7.79. The van der Waals surface area contributed by atoms with Crippen molar-refractivity contribution in [2.75, 3.05) is 6.61 Å². The SMILES string of the molecule is CCOC(=O)c1c(Cl)cnc(C=O)c1Cl. The summed E-state index contributed by atoms with van der Waals surface area (Å²) in [6.07, 6.45) is 1.63. The molecule has 1 aromatic heterocycles. The Kier molecular flexibility index (Phi) is 4.05. The maximum Gasteiger partial charge on any atom is 0.341 e. The number of hydrogen-bond donors (Lipinski definition) is 0. The van der Waals surface area contributed by atoms with Crippen LogP contribution in [0.4, 0.5) is 0 Å². The van der Waals surface area contributed by atoms with Gasteiger partial charge in [0.1, 0.15) is 11.3 Å². The van der Waals surface area contributed by atoms with Crippen LogP contribution in [0.5, 0.6) is 0 Å². The maximum atomic E-state index is 11.4. The first kappa shape index (κ1) is 11.9. The van der Waals surface area contributed by atoms with Crippen LogP contribution < -0.4 is 0 Å². The quantitative estimate of drug-likeness (QED) is 0.608. The molecule has 0 aromatic carbocycles. The predicted octanol–water partition coefficient (Wildman–Crippen LogP) is 2.38. The highest BCUT2D eigenvalue weighted by Crippen LogP contribution is 2.26. The van der Waals surface area contributed by atoms with Crippen molar-refractivity contribution in [3.8, 4) is 0 Å². The van der Waals surface area contributed by atoms with E-state index in [4.69, 9.17) is 27.9 Å². The van der Waals surface area contributed by atoms with Gasteiger partial charge in [0, 0.05) is 6.20 Å². The van der Waals surface area contributed by atoms with Crippen LogP contribution in [0.1, 0.15) is 27.8 Å². The van der Waals surface area contributed by atoms with Crippen molar-refractivity contribution in [1.29, 1.82) is 0 Å². The van der Waals surface area contributed by atoms with Crippen molar-refractivity contribution in [1.82, 2.24) is 4.98 Å². The zero-order chi connectivity index (χ0) is 11.4. The van der Waals surface area contributed by atoms with Gasteiger partial charge in [0.2, 0.25) is 0 Å². The van der Waals surface area contributed by atoms with Gasteiger partial charge in [-0.25, -0.2) is 4.79 Å². The highest BCUT2D eigenvalue weighted by Gasteiger charge is 2.19. The second-order valence-corrected chi connectivity index (χ2v) is 3.30. The molecule has 1 heterocycles. The molecule has 0 aliphatic rings. The molecule has 4 nitrogen and oxygen atoms in total. The van der Waals surface area contributed by atoms with Gasteiger partial charge in [0.25, 0.3) is 0 Å². The van der Waals surface area contributed by atoms with Gasteiger partial charge in [-0.15, -0.1) is 0 Å². The summed E-state index contributed by atoms with van der Waals surface area (Å²) in [7, 11) is 0. The van der Waals surface area contributed by atoms with Gasteiger partial charge in [-0.3, -0.25) is 9.78 Å². The number of ether oxygens (including phenoxy) is 1. The highest BCUT2D eigenvalue weighted by molar-refractivity contribution is 6.40. The molecule has 0 bridgehead atoms. The van der Waals surface area contributed by atoms with E-state index in [0.29, 0.717) is 6.29 Å². The molecule has 6 heteroatoms. The van der Waals surface area contributed by atoms with Gasteiger partial charge < -0.3 is 4.74 Å². The molecule has 0 atom stereocenters. The molecule has 1 aromatic rings. The predicted molar refractivity (Wildman–Crippen MR) is 55.6 cm³/mol. The van der Waals surface area contributed by atoms with Gasteiger partial charge in [0.05, 0.1) is 16.7 Å². The minimum atomic E-state index is -0.669. The number of carbonyl (C=O) groups excluding carboxylic acids is 2. The summed E-state index contributed by atoms with van der Waals surface area (Å²) in [5, 5.41) is -0.0278. The number of rotatable bonds is 3. The maximum absolute atomic E-state index is 11.4. The van der Waals surface area contributed by atoms with E-state index >= 15 is 0 Å². The Balaban J connectivity index is 3.26. The van der Waals surface area contributed by atoms with Gasteiger partial charge in [-0.05, 0) is 6.92 Å². The molecule has 80 valence electrons. The van der Waals surface area contributed by atoms with Crippen molar-refractivity contribution >= 4 is 35.5 Å². The van der Waals surface area contributed by atoms with Gasteiger partial charge >= 0.3 is 5.97 Å². The Labute approximate surface area is 96.2 Å². The van der Waals surface area contributed by atoms with Gasteiger partial charge in [0.15, 0.2) is 6.29 Å². The monoisotopic (exact) mass is 247 g/mol. The summed E-state index contributed by atoms with van der Waals surface area (Å²) in [4.78, 5) is 25.6. The van der Waals surface area contributed by atoms with E-state index in [1.165, 1.54) is 6.20 Å². The lowest BCUT2D eigenvalue weighted by Gasteiger charge is -2.06. The van der Waals surface area contributed by atoms with Crippen molar-refractivity contribution < 1.29 is 14.3 Å². The molecular formula is C9H7Cl2NO3. The Hall–Kier alpha value is -1.13. The van der Waals surface area contributed by atoms with Crippen LogP contribution in [0.15, 0.2) is 6.20 Å². The Morgan fingerprint density at radius 3 is 2.80 bits per heavy atom. The smallest absolute Gasteiger partial charge is 0.341 e. The number of pyridine rings is 1. The summed E-state index contributed by atoms with van der Waals surface area (Å²) in [6.45, 7) is 1.85. The average Bonchev–Trinajstić information content (AvgIpc) is 2.18. The summed E-state index contributed by atoms with van der Waals surface area (Å²) >= 11 is 11.5. The molecule has 0 saturated heterocycles. The van der Waals surface area contributed by atoms with Crippen molar-refractivity contribution in [2.45, 2.75) is 6.92 Å². The van der Waals surface area contributed by atoms with Crippen LogP contribution in [0.3, 0.4) is 0 Å². The third kappa shape index (κ3) is 2.46. The second-order valence-electron chi connectivity index (χ2n) is 2.52. The van der Waals surface area contributed by atoms with Crippen LogP contribution in [0.2, 0.25) is 10.0 Å². The third-order valence-corrected chi connectivity index (χ3v) is 2.26. The fourth-order valence-corrected chi connectivity index (χ4v) is 1.49. The molecule has 0 radical (unpaired) electrons. The van der Waals surface area contributed by atoms with Crippen LogP contribution in [-0.2, 0) is 4.74 Å². The Morgan fingerprint density at radius 2 is 2.27 bits per heavy atom. The zero-order valence-corrected chi connectivity index (χ0v) is 9.30. The summed E-state index contributed by atoms with van der Waals surface area (Å²) in [5.41, 5.74) is -0.0681. The molecular weight excluding hydrogens is 241 g/mol. The lowest BCUT2D eigenvalue weighted by Crippen LogP contribution is -2.08. The topological polar surface area (TPSA) is 56.3 Å². The number of nitrogens with zero attached hydrogens (tertiary/aromatic N) is 1. The average molecular weight is 248 g/mol. The number of hydrogen-bond acceptors (Lipinski definition) is 4. The number of aromatic nitrogens is 1. The molecule has 0 aliphatic heterocycles. The standard InChI is InChI=1S/C9H7Cl2NO3/c1-2-15-9(14)7-5(10)3-12-6(4-13)8(7)11/h3-4H,2H2,1H3. The molecule has 1 rings (SSSR count). The van der Waals surface area contributed by atoms with Crippen LogP contribution in [0.25, 0.3) is 0 Å². The van der Waals surface area contributed by atoms with Crippen LogP contribution >= 0.6 is 23.2 Å². The van der Waals surface area contributed by atoms with E-state index in [-0.39, 0.29) is 27.9 Å². The summed E-state index contributed by atoms with van der Waals surface area (Å²) in [6, 6.07) is 0. The molecule has 15 heavy (non-hydrogen) atoms. The van der Waals surface area contributed by atoms with Crippen molar-refractivity contribution in [3.05, 3.63) is 27.5 Å². The molecule has 0 amide bonds. The molecule has 0 saturated carbocycles. The van der Waals surface area contributed by atoms with Crippen molar-refractivity contribution in [2.24, 2.45) is 0 Å². The Morgan fingerprint density at radius 1 is 1.60 bits per heavy atom. The fraction of sp³-hybridized carbons (Fsp3) is 0.222. The van der Waals surface area contributed by atoms with E-state index < -0.39 is 5.97 Å². The lowest BCUT2D eigenvalue weighted by molar-refractivity contribution is 0.0526. The first-order valence-electron chi connectivity index (χ1n) is 4.08. The van der Waals surface area contributed by atoms with E-state index in [1.54, 1.807) is 6.92 Å². The molecule has 0 fully saturated rings. The number of halogens is 2. The van der Waals surface area contributed by atoms with Crippen molar-refractivity contribution in [3.63, 3.8) is 0 Å². The number of carbonyl (C=O) groups is 2. The normalized spacial score (nSPS) is 9.80. The van der Waals surface area contributed by atoms with Gasteiger partial charge in [-0.2, -0.15) is 0 Å². The van der Waals surface area contributed by atoms with E-state index in [0.717, 1.165) is 0 Å². The summed E-state index contributed by atoms with van der Waals surface area (Å²) in [5.74, 6) is -0.669. The minimum Gasteiger partial charge on any atom is -0.462 e. The molecule has 0 aliphatic carbocycles. The molecule has 0 unspecified atom stereocenters. The second kappa shape index (κ2) is 5.09. The lowest BCUT2D eigenvalue weighted by atomic mass is 10.2. The first-order chi connectivity index (χ1) is 7.11. The molecule has 0 spiro atoms. The van der Waals surface area contributed by atoms with E-state index in [2.05, 4.69) is 4.98 Å². The van der Waals surface area contributed by atoms with Crippen LogP contribution in [0, 0.1) is 0 Å². The number of aldehydes is 1.